The van der Waals surface area contributed by atoms with E-state index in [0.717, 1.165) is 0 Å². The zero-order valence-corrected chi connectivity index (χ0v) is 9.10. The molecule has 1 aromatic rings. The van der Waals surface area contributed by atoms with Gasteiger partial charge < -0.3 is 9.84 Å². The number of hydrogen-bond acceptors (Lipinski definition) is 3. The summed E-state index contributed by atoms with van der Waals surface area (Å²) in [5, 5.41) is 8.57. The molecule has 1 aliphatic rings. The zero-order valence-electron chi connectivity index (χ0n) is 9.10. The van der Waals surface area contributed by atoms with E-state index in [0.29, 0.717) is 18.6 Å². The lowest BCUT2D eigenvalue weighted by molar-refractivity contribution is -0.135. The molecule has 0 spiro atoms. The summed E-state index contributed by atoms with van der Waals surface area (Å²) in [7, 11) is 0. The van der Waals surface area contributed by atoms with Crippen LogP contribution in [0.25, 0.3) is 0 Å². The van der Waals surface area contributed by atoms with Crippen molar-refractivity contribution in [3.63, 3.8) is 0 Å². The van der Waals surface area contributed by atoms with Crippen LogP contribution in [0.15, 0.2) is 29.3 Å². The van der Waals surface area contributed by atoms with E-state index in [2.05, 4.69) is 4.99 Å². The first-order chi connectivity index (χ1) is 8.15. The highest BCUT2D eigenvalue weighted by atomic mass is 19.1. The van der Waals surface area contributed by atoms with Gasteiger partial charge in [-0.25, -0.2) is 9.38 Å². The van der Waals surface area contributed by atoms with Gasteiger partial charge in [0.15, 0.2) is 5.90 Å². The van der Waals surface area contributed by atoms with Gasteiger partial charge in [-0.2, -0.15) is 0 Å². The summed E-state index contributed by atoms with van der Waals surface area (Å²) >= 11 is 0. The normalized spacial score (nSPS) is 18.6. The Morgan fingerprint density at radius 3 is 3.00 bits per heavy atom. The maximum absolute atomic E-state index is 13.4. The monoisotopic (exact) mass is 237 g/mol. The van der Waals surface area contributed by atoms with Crippen LogP contribution in [-0.4, -0.2) is 29.6 Å². The number of carboxylic acid groups (broad SMARTS) is 1. The molecule has 0 aliphatic carbocycles. The predicted octanol–water partition coefficient (Wildman–Crippen LogP) is 1.64. The molecule has 0 amide bonds. The first-order valence-corrected chi connectivity index (χ1v) is 5.30. The molecule has 2 rings (SSSR count). The molecule has 0 saturated heterocycles. The molecule has 90 valence electrons. The van der Waals surface area contributed by atoms with Crippen LogP contribution in [0, 0.1) is 5.82 Å². The van der Waals surface area contributed by atoms with Crippen LogP contribution in [0.2, 0.25) is 0 Å². The second kappa shape index (κ2) is 4.95. The SMILES string of the molecule is O=C(O)CC1=NC(Cc2ccccc2F)CO1. The molecule has 0 aromatic heterocycles. The van der Waals surface area contributed by atoms with Crippen molar-refractivity contribution >= 4 is 11.9 Å². The molecule has 0 saturated carbocycles. The summed E-state index contributed by atoms with van der Waals surface area (Å²) in [6.07, 6.45) is 0.212. The van der Waals surface area contributed by atoms with Crippen molar-refractivity contribution in [1.82, 2.24) is 0 Å². The summed E-state index contributed by atoms with van der Waals surface area (Å²) in [5.41, 5.74) is 0.571. The van der Waals surface area contributed by atoms with Crippen LogP contribution >= 0.6 is 0 Å². The minimum atomic E-state index is -0.977. The van der Waals surface area contributed by atoms with E-state index >= 15 is 0 Å². The molecule has 1 aliphatic heterocycles. The highest BCUT2D eigenvalue weighted by Gasteiger charge is 2.21. The second-order valence-corrected chi connectivity index (χ2v) is 3.85. The van der Waals surface area contributed by atoms with E-state index < -0.39 is 5.97 Å². The number of halogens is 1. The molecule has 0 radical (unpaired) electrons. The van der Waals surface area contributed by atoms with Gasteiger partial charge in [0.25, 0.3) is 0 Å². The van der Waals surface area contributed by atoms with Crippen LogP contribution in [0.1, 0.15) is 12.0 Å². The van der Waals surface area contributed by atoms with Crippen molar-refractivity contribution in [2.24, 2.45) is 4.99 Å². The molecule has 17 heavy (non-hydrogen) atoms. The van der Waals surface area contributed by atoms with E-state index in [-0.39, 0.29) is 24.2 Å². The molecular formula is C12H12FNO3. The van der Waals surface area contributed by atoms with Gasteiger partial charge in [-0.3, -0.25) is 4.79 Å². The van der Waals surface area contributed by atoms with Crippen LogP contribution in [0.4, 0.5) is 4.39 Å². The predicted molar refractivity (Wildman–Crippen MR) is 59.5 cm³/mol. The lowest BCUT2D eigenvalue weighted by Crippen LogP contribution is -2.11. The van der Waals surface area contributed by atoms with E-state index in [9.17, 15) is 9.18 Å². The summed E-state index contributed by atoms with van der Waals surface area (Å²) in [4.78, 5) is 14.6. The summed E-state index contributed by atoms with van der Waals surface area (Å²) in [5.74, 6) is -1.02. The van der Waals surface area contributed by atoms with E-state index in [1.165, 1.54) is 6.07 Å². The number of aliphatic imine (C=N–C) groups is 1. The molecule has 0 bridgehead atoms. The lowest BCUT2D eigenvalue weighted by atomic mass is 10.1. The van der Waals surface area contributed by atoms with E-state index in [1.54, 1.807) is 18.2 Å². The first kappa shape index (κ1) is 11.6. The van der Waals surface area contributed by atoms with Crippen molar-refractivity contribution in [1.29, 1.82) is 0 Å². The number of nitrogens with zero attached hydrogens (tertiary/aromatic N) is 1. The first-order valence-electron chi connectivity index (χ1n) is 5.30. The Bertz CT molecular complexity index is 459. The minimum absolute atomic E-state index is 0.193. The Morgan fingerprint density at radius 2 is 2.29 bits per heavy atom. The van der Waals surface area contributed by atoms with Crippen molar-refractivity contribution < 1.29 is 19.0 Å². The minimum Gasteiger partial charge on any atom is -0.481 e. The van der Waals surface area contributed by atoms with Crippen LogP contribution in [0.5, 0.6) is 0 Å². The summed E-state index contributed by atoms with van der Waals surface area (Å²) < 4.78 is 18.5. The van der Waals surface area contributed by atoms with Gasteiger partial charge in [-0.1, -0.05) is 18.2 Å². The third-order valence-corrected chi connectivity index (χ3v) is 2.48. The highest BCUT2D eigenvalue weighted by Crippen LogP contribution is 2.15. The highest BCUT2D eigenvalue weighted by molar-refractivity contribution is 5.94. The van der Waals surface area contributed by atoms with Gasteiger partial charge in [-0.15, -0.1) is 0 Å². The number of ether oxygens (including phenoxy) is 1. The Morgan fingerprint density at radius 1 is 1.53 bits per heavy atom. The number of aliphatic carboxylic acids is 1. The van der Waals surface area contributed by atoms with Gasteiger partial charge >= 0.3 is 5.97 Å². The van der Waals surface area contributed by atoms with Gasteiger partial charge in [0.1, 0.15) is 18.8 Å². The van der Waals surface area contributed by atoms with Gasteiger partial charge in [0, 0.05) is 6.42 Å². The van der Waals surface area contributed by atoms with Crippen LogP contribution in [0.3, 0.4) is 0 Å². The largest absolute Gasteiger partial charge is 0.481 e. The van der Waals surface area contributed by atoms with E-state index in [4.69, 9.17) is 9.84 Å². The average Bonchev–Trinajstić information content (AvgIpc) is 2.68. The van der Waals surface area contributed by atoms with Gasteiger partial charge in [0.05, 0.1) is 6.04 Å². The fraction of sp³-hybridized carbons (Fsp3) is 0.333. The van der Waals surface area contributed by atoms with Crippen molar-refractivity contribution in [2.75, 3.05) is 6.61 Å². The number of hydrogen-bond donors (Lipinski definition) is 1. The number of carboxylic acids is 1. The van der Waals surface area contributed by atoms with Crippen molar-refractivity contribution in [3.05, 3.63) is 35.6 Å². The summed E-state index contributed by atoms with van der Waals surface area (Å²) in [6, 6.07) is 6.29. The molecule has 1 unspecified atom stereocenters. The Kier molecular flexibility index (Phi) is 3.37. The maximum atomic E-state index is 13.4. The van der Waals surface area contributed by atoms with E-state index in [1.807, 2.05) is 0 Å². The molecule has 0 fully saturated rings. The van der Waals surface area contributed by atoms with Gasteiger partial charge in [0.2, 0.25) is 0 Å². The number of rotatable bonds is 4. The molecule has 1 aromatic carbocycles. The van der Waals surface area contributed by atoms with Crippen molar-refractivity contribution in [2.45, 2.75) is 18.9 Å². The third-order valence-electron chi connectivity index (χ3n) is 2.48. The zero-order chi connectivity index (χ0) is 12.3. The van der Waals surface area contributed by atoms with Crippen LogP contribution in [-0.2, 0) is 16.0 Å². The average molecular weight is 237 g/mol. The summed E-state index contributed by atoms with van der Waals surface area (Å²) in [6.45, 7) is 0.316. The number of carbonyl (C=O) groups is 1. The van der Waals surface area contributed by atoms with Crippen molar-refractivity contribution in [3.8, 4) is 0 Å². The Labute approximate surface area is 97.7 Å². The molecule has 1 heterocycles. The molecule has 4 nitrogen and oxygen atoms in total. The van der Waals surface area contributed by atoms with Gasteiger partial charge in [-0.05, 0) is 11.6 Å². The Balaban J connectivity index is 2.00. The quantitative estimate of drug-likeness (QED) is 0.866. The fourth-order valence-corrected chi connectivity index (χ4v) is 1.72. The molecular weight excluding hydrogens is 225 g/mol. The fourth-order valence-electron chi connectivity index (χ4n) is 1.72. The molecule has 5 heteroatoms. The third kappa shape index (κ3) is 3.03. The smallest absolute Gasteiger partial charge is 0.312 e. The number of benzene rings is 1. The molecule has 1 atom stereocenters. The Hall–Kier alpha value is -1.91. The standard InChI is InChI=1S/C12H12FNO3/c13-10-4-2-1-3-8(10)5-9-7-17-11(14-9)6-12(15)16/h1-4,9H,5-7H2,(H,15,16). The maximum Gasteiger partial charge on any atom is 0.312 e. The van der Waals surface area contributed by atoms with Crippen LogP contribution < -0.4 is 0 Å². The second-order valence-electron chi connectivity index (χ2n) is 3.85. The molecule has 1 N–H and O–H groups in total. The lowest BCUT2D eigenvalue weighted by Gasteiger charge is -2.05. The topological polar surface area (TPSA) is 58.9 Å².